The molecule has 0 saturated heterocycles. The normalized spacial score (nSPS) is 13.9. The second-order valence-corrected chi connectivity index (χ2v) is 5.68. The predicted octanol–water partition coefficient (Wildman–Crippen LogP) is 4.83. The first kappa shape index (κ1) is 14.0. The lowest BCUT2D eigenvalue weighted by molar-refractivity contribution is 0.296. The standard InChI is InChI=1S/C19H22O2/c1-2-5-17(6-3-1)15-21-19-12-10-18(11-13-19)20-14-4-7-16-8-9-16/h1-3,5-6,10-13,16H,4,7-9,14-15H2. The van der Waals surface area contributed by atoms with Gasteiger partial charge in [0.05, 0.1) is 6.61 Å². The molecule has 3 rings (SSSR count). The van der Waals surface area contributed by atoms with Gasteiger partial charge in [0.25, 0.3) is 0 Å². The molecule has 2 aromatic rings. The van der Waals surface area contributed by atoms with Gasteiger partial charge in [0.2, 0.25) is 0 Å². The molecular weight excluding hydrogens is 260 g/mol. The lowest BCUT2D eigenvalue weighted by atomic mass is 10.2. The van der Waals surface area contributed by atoms with Gasteiger partial charge in [-0.2, -0.15) is 0 Å². The molecule has 0 aromatic heterocycles. The van der Waals surface area contributed by atoms with Gasteiger partial charge in [-0.1, -0.05) is 43.2 Å². The molecule has 2 aromatic carbocycles. The molecule has 0 bridgehead atoms. The van der Waals surface area contributed by atoms with E-state index in [0.717, 1.165) is 30.4 Å². The SMILES string of the molecule is c1ccc(COc2ccc(OCCCC3CC3)cc2)cc1. The van der Waals surface area contributed by atoms with Crippen LogP contribution in [0.2, 0.25) is 0 Å². The van der Waals surface area contributed by atoms with E-state index in [1.54, 1.807) is 0 Å². The summed E-state index contributed by atoms with van der Waals surface area (Å²) in [6.07, 6.45) is 5.33. The number of hydrogen-bond acceptors (Lipinski definition) is 2. The summed E-state index contributed by atoms with van der Waals surface area (Å²) in [6.45, 7) is 1.42. The first-order valence-electron chi connectivity index (χ1n) is 7.80. The summed E-state index contributed by atoms with van der Waals surface area (Å²) in [4.78, 5) is 0. The Morgan fingerprint density at radius 1 is 0.810 bits per heavy atom. The molecule has 1 aliphatic rings. The van der Waals surface area contributed by atoms with Crippen LogP contribution in [0.5, 0.6) is 11.5 Å². The topological polar surface area (TPSA) is 18.5 Å². The lowest BCUT2D eigenvalue weighted by Crippen LogP contribution is -1.98. The van der Waals surface area contributed by atoms with Crippen LogP contribution in [0.3, 0.4) is 0 Å². The van der Waals surface area contributed by atoms with Gasteiger partial charge in [0, 0.05) is 0 Å². The minimum atomic E-state index is 0.600. The summed E-state index contributed by atoms with van der Waals surface area (Å²) in [5.41, 5.74) is 1.18. The maximum Gasteiger partial charge on any atom is 0.120 e. The van der Waals surface area contributed by atoms with E-state index in [-0.39, 0.29) is 0 Å². The molecule has 0 spiro atoms. The van der Waals surface area contributed by atoms with Crippen molar-refractivity contribution in [2.45, 2.75) is 32.3 Å². The molecule has 0 heterocycles. The molecule has 1 fully saturated rings. The quantitative estimate of drug-likeness (QED) is 0.645. The van der Waals surface area contributed by atoms with Gasteiger partial charge in [-0.25, -0.2) is 0 Å². The summed E-state index contributed by atoms with van der Waals surface area (Å²) in [7, 11) is 0. The van der Waals surface area contributed by atoms with E-state index in [2.05, 4.69) is 12.1 Å². The fourth-order valence-electron chi connectivity index (χ4n) is 2.34. The van der Waals surface area contributed by atoms with Crippen LogP contribution in [0.1, 0.15) is 31.2 Å². The van der Waals surface area contributed by atoms with Crippen LogP contribution < -0.4 is 9.47 Å². The van der Waals surface area contributed by atoms with Gasteiger partial charge in [-0.05, 0) is 48.6 Å². The molecule has 0 amide bonds. The van der Waals surface area contributed by atoms with Crippen molar-refractivity contribution in [3.8, 4) is 11.5 Å². The summed E-state index contributed by atoms with van der Waals surface area (Å²) < 4.78 is 11.5. The van der Waals surface area contributed by atoms with Gasteiger partial charge >= 0.3 is 0 Å². The Morgan fingerprint density at radius 3 is 2.14 bits per heavy atom. The average Bonchev–Trinajstić information content (AvgIpc) is 3.36. The minimum absolute atomic E-state index is 0.600. The third kappa shape index (κ3) is 4.82. The molecule has 1 saturated carbocycles. The molecule has 0 atom stereocenters. The van der Waals surface area contributed by atoms with E-state index < -0.39 is 0 Å². The van der Waals surface area contributed by atoms with E-state index in [0.29, 0.717) is 6.61 Å². The molecule has 0 aliphatic heterocycles. The van der Waals surface area contributed by atoms with Crippen LogP contribution in [0.15, 0.2) is 54.6 Å². The van der Waals surface area contributed by atoms with E-state index in [1.165, 1.54) is 24.8 Å². The minimum Gasteiger partial charge on any atom is -0.494 e. The van der Waals surface area contributed by atoms with Crippen molar-refractivity contribution < 1.29 is 9.47 Å². The van der Waals surface area contributed by atoms with E-state index in [4.69, 9.17) is 9.47 Å². The molecule has 1 aliphatic carbocycles. The predicted molar refractivity (Wildman–Crippen MR) is 84.7 cm³/mol. The highest BCUT2D eigenvalue weighted by atomic mass is 16.5. The average molecular weight is 282 g/mol. The number of rotatable bonds is 8. The molecule has 0 radical (unpaired) electrons. The Hall–Kier alpha value is -1.96. The number of benzene rings is 2. The Kier molecular flexibility index (Phi) is 4.78. The monoisotopic (exact) mass is 282 g/mol. The number of ether oxygens (including phenoxy) is 2. The van der Waals surface area contributed by atoms with Crippen LogP contribution in [0.4, 0.5) is 0 Å². The highest BCUT2D eigenvalue weighted by molar-refractivity contribution is 5.31. The fraction of sp³-hybridized carbons (Fsp3) is 0.368. The van der Waals surface area contributed by atoms with Crippen molar-refractivity contribution in [1.29, 1.82) is 0 Å². The Morgan fingerprint density at radius 2 is 1.48 bits per heavy atom. The molecule has 0 unspecified atom stereocenters. The molecule has 2 nitrogen and oxygen atoms in total. The zero-order valence-corrected chi connectivity index (χ0v) is 12.3. The van der Waals surface area contributed by atoms with E-state index >= 15 is 0 Å². The second kappa shape index (κ2) is 7.16. The maximum atomic E-state index is 5.76. The Bertz CT molecular complexity index is 529. The highest BCUT2D eigenvalue weighted by Crippen LogP contribution is 2.33. The van der Waals surface area contributed by atoms with Gasteiger partial charge in [0.1, 0.15) is 18.1 Å². The van der Waals surface area contributed by atoms with Crippen molar-refractivity contribution in [2.24, 2.45) is 5.92 Å². The third-order valence-corrected chi connectivity index (χ3v) is 3.79. The zero-order chi connectivity index (χ0) is 14.3. The van der Waals surface area contributed by atoms with Crippen LogP contribution in [0, 0.1) is 5.92 Å². The summed E-state index contributed by atoms with van der Waals surface area (Å²) in [5.74, 6) is 2.80. The van der Waals surface area contributed by atoms with E-state index in [1.807, 2.05) is 42.5 Å². The van der Waals surface area contributed by atoms with Crippen LogP contribution in [0.25, 0.3) is 0 Å². The van der Waals surface area contributed by atoms with Crippen LogP contribution in [-0.4, -0.2) is 6.61 Å². The second-order valence-electron chi connectivity index (χ2n) is 5.68. The Labute approximate surface area is 126 Å². The molecular formula is C19H22O2. The smallest absolute Gasteiger partial charge is 0.120 e. The highest BCUT2D eigenvalue weighted by Gasteiger charge is 2.20. The van der Waals surface area contributed by atoms with Crippen molar-refractivity contribution in [3.05, 3.63) is 60.2 Å². The summed E-state index contributed by atoms with van der Waals surface area (Å²) in [5, 5.41) is 0. The van der Waals surface area contributed by atoms with Crippen LogP contribution >= 0.6 is 0 Å². The van der Waals surface area contributed by atoms with Crippen molar-refractivity contribution in [3.63, 3.8) is 0 Å². The fourth-order valence-corrected chi connectivity index (χ4v) is 2.34. The first-order valence-corrected chi connectivity index (χ1v) is 7.80. The van der Waals surface area contributed by atoms with Gasteiger partial charge in [0.15, 0.2) is 0 Å². The maximum absolute atomic E-state index is 5.76. The summed E-state index contributed by atoms with van der Waals surface area (Å²) in [6, 6.07) is 18.1. The van der Waals surface area contributed by atoms with Gasteiger partial charge in [-0.15, -0.1) is 0 Å². The molecule has 110 valence electrons. The molecule has 0 N–H and O–H groups in total. The van der Waals surface area contributed by atoms with Gasteiger partial charge < -0.3 is 9.47 Å². The zero-order valence-electron chi connectivity index (χ0n) is 12.3. The third-order valence-electron chi connectivity index (χ3n) is 3.79. The number of hydrogen-bond donors (Lipinski definition) is 0. The van der Waals surface area contributed by atoms with Crippen molar-refractivity contribution in [2.75, 3.05) is 6.61 Å². The first-order chi connectivity index (χ1) is 10.4. The Balaban J connectivity index is 1.40. The van der Waals surface area contributed by atoms with Crippen molar-refractivity contribution >= 4 is 0 Å². The van der Waals surface area contributed by atoms with Crippen LogP contribution in [-0.2, 0) is 6.61 Å². The molecule has 21 heavy (non-hydrogen) atoms. The van der Waals surface area contributed by atoms with Crippen molar-refractivity contribution in [1.82, 2.24) is 0 Å². The van der Waals surface area contributed by atoms with Gasteiger partial charge in [-0.3, -0.25) is 0 Å². The molecule has 2 heteroatoms. The lowest BCUT2D eigenvalue weighted by Gasteiger charge is -2.08. The van der Waals surface area contributed by atoms with E-state index in [9.17, 15) is 0 Å². The largest absolute Gasteiger partial charge is 0.494 e. The summed E-state index contributed by atoms with van der Waals surface area (Å²) >= 11 is 0.